The maximum absolute atomic E-state index is 12.3. The van der Waals surface area contributed by atoms with Crippen LogP contribution < -0.4 is 5.32 Å². The second-order valence-electron chi connectivity index (χ2n) is 7.23. The highest BCUT2D eigenvalue weighted by Gasteiger charge is 2.39. The van der Waals surface area contributed by atoms with Crippen LogP contribution in [0, 0.1) is 0 Å². The number of methoxy groups -OCH3 is 1. The first kappa shape index (κ1) is 23.0. The lowest BCUT2D eigenvalue weighted by Gasteiger charge is -2.38. The molecule has 0 saturated carbocycles. The number of hydrogen-bond acceptors (Lipinski definition) is 7. The minimum atomic E-state index is -0.448. The highest BCUT2D eigenvalue weighted by Crippen LogP contribution is 2.31. The zero-order chi connectivity index (χ0) is 21.4. The van der Waals surface area contributed by atoms with Gasteiger partial charge in [-0.15, -0.1) is 5.10 Å². The predicted molar refractivity (Wildman–Crippen MR) is 106 cm³/mol. The van der Waals surface area contributed by atoms with Crippen LogP contribution in [-0.4, -0.2) is 63.9 Å². The summed E-state index contributed by atoms with van der Waals surface area (Å²) in [6.45, 7) is 5.62. The molecular weight excluding hydrogens is 376 g/mol. The second kappa shape index (κ2) is 11.1. The number of ether oxygens (including phenoxy) is 2. The number of rotatable bonds is 10. The number of aryl methyl sites for hydroxylation is 1. The van der Waals surface area contributed by atoms with Crippen molar-refractivity contribution in [1.82, 2.24) is 20.3 Å². The molecule has 0 bridgehead atoms. The largest absolute Gasteiger partial charge is 0.466 e. The van der Waals surface area contributed by atoms with E-state index in [1.54, 1.807) is 17.0 Å². The van der Waals surface area contributed by atoms with Crippen LogP contribution in [0.3, 0.4) is 0 Å². The van der Waals surface area contributed by atoms with Gasteiger partial charge >= 0.3 is 5.97 Å². The van der Waals surface area contributed by atoms with Crippen molar-refractivity contribution in [3.63, 3.8) is 0 Å². The molecule has 0 fully saturated rings. The maximum Gasteiger partial charge on any atom is 0.333 e. The molecule has 1 amide bonds. The molecule has 0 radical (unpaired) electrons. The van der Waals surface area contributed by atoms with Gasteiger partial charge in [0.25, 0.3) is 0 Å². The summed E-state index contributed by atoms with van der Waals surface area (Å²) >= 11 is 0. The van der Waals surface area contributed by atoms with Crippen molar-refractivity contribution in [1.29, 1.82) is 0 Å². The number of aliphatic hydroxyl groups excluding tert-OH is 1. The van der Waals surface area contributed by atoms with Gasteiger partial charge in [0, 0.05) is 31.7 Å². The van der Waals surface area contributed by atoms with Crippen molar-refractivity contribution in [3.05, 3.63) is 23.5 Å². The van der Waals surface area contributed by atoms with E-state index in [4.69, 9.17) is 14.6 Å². The Morgan fingerprint density at radius 2 is 2.10 bits per heavy atom. The number of nitrogens with one attached hydrogen (secondary N) is 1. The molecule has 9 nitrogen and oxygen atoms in total. The molecule has 162 valence electrons. The summed E-state index contributed by atoms with van der Waals surface area (Å²) in [5, 5.41) is 20.4. The second-order valence-corrected chi connectivity index (χ2v) is 7.23. The summed E-state index contributed by atoms with van der Waals surface area (Å²) in [6, 6.07) is -0.856. The number of amides is 1. The van der Waals surface area contributed by atoms with E-state index in [1.165, 1.54) is 14.0 Å². The lowest BCUT2D eigenvalue weighted by molar-refractivity contribution is -0.137. The number of aromatic nitrogens is 3. The average Bonchev–Trinajstić information content (AvgIpc) is 3.18. The summed E-state index contributed by atoms with van der Waals surface area (Å²) in [4.78, 5) is 24.2. The van der Waals surface area contributed by atoms with Crippen LogP contribution in [0.5, 0.6) is 0 Å². The summed E-state index contributed by atoms with van der Waals surface area (Å²) in [7, 11) is 1.34. The zero-order valence-corrected chi connectivity index (χ0v) is 17.6. The van der Waals surface area contributed by atoms with E-state index in [0.29, 0.717) is 24.8 Å². The normalized spacial score (nSPS) is 21.7. The number of nitrogens with zero attached hydrogens (tertiary/aromatic N) is 3. The molecule has 0 saturated heterocycles. The number of esters is 1. The number of carbonyl (C=O) groups is 2. The molecule has 0 spiro atoms. The van der Waals surface area contributed by atoms with Crippen molar-refractivity contribution in [2.75, 3.05) is 13.7 Å². The van der Waals surface area contributed by atoms with E-state index in [2.05, 4.69) is 15.6 Å². The standard InChI is InChI=1S/C20H32N4O5/c1-5-16(6-2)29-18-11-14(20(27)28-4)10-17(19(18)21-13(3)26)24-12-15(22-23-24)8-7-9-25/h10,12,16-19,25H,5-9,11H2,1-4H3,(H,21,26)/t17-,18+,19+/m0/s1. The topological polar surface area (TPSA) is 116 Å². The number of hydrogen-bond donors (Lipinski definition) is 2. The van der Waals surface area contributed by atoms with Gasteiger partial charge in [0.2, 0.25) is 5.91 Å². The molecule has 1 heterocycles. The first-order valence-corrected chi connectivity index (χ1v) is 10.2. The lowest BCUT2D eigenvalue weighted by Crippen LogP contribution is -2.52. The smallest absolute Gasteiger partial charge is 0.333 e. The van der Waals surface area contributed by atoms with E-state index in [1.807, 2.05) is 13.8 Å². The van der Waals surface area contributed by atoms with Crippen molar-refractivity contribution >= 4 is 11.9 Å². The molecule has 1 aliphatic carbocycles. The third-order valence-electron chi connectivity index (χ3n) is 5.11. The van der Waals surface area contributed by atoms with Crippen LogP contribution >= 0.6 is 0 Å². The maximum atomic E-state index is 12.3. The van der Waals surface area contributed by atoms with E-state index < -0.39 is 24.2 Å². The Morgan fingerprint density at radius 1 is 1.38 bits per heavy atom. The van der Waals surface area contributed by atoms with Gasteiger partial charge in [-0.05, 0) is 31.8 Å². The molecular formula is C20H32N4O5. The summed E-state index contributed by atoms with van der Waals surface area (Å²) in [5.74, 6) is -0.608. The van der Waals surface area contributed by atoms with Crippen LogP contribution in [0.1, 0.15) is 58.2 Å². The first-order valence-electron chi connectivity index (χ1n) is 10.2. The molecule has 1 aromatic rings. The molecule has 2 N–H and O–H groups in total. The Hall–Kier alpha value is -2.26. The Morgan fingerprint density at radius 3 is 2.69 bits per heavy atom. The highest BCUT2D eigenvalue weighted by molar-refractivity contribution is 5.89. The third kappa shape index (κ3) is 6.11. The first-order chi connectivity index (χ1) is 13.9. The van der Waals surface area contributed by atoms with E-state index in [0.717, 1.165) is 18.5 Å². The summed E-state index contributed by atoms with van der Waals surface area (Å²) in [5.41, 5.74) is 1.22. The van der Waals surface area contributed by atoms with Gasteiger partial charge in [-0.3, -0.25) is 4.79 Å². The fraction of sp³-hybridized carbons (Fsp3) is 0.700. The van der Waals surface area contributed by atoms with Crippen LogP contribution in [0.25, 0.3) is 0 Å². The lowest BCUT2D eigenvalue weighted by atomic mass is 9.87. The molecule has 0 aromatic carbocycles. The van der Waals surface area contributed by atoms with Gasteiger partial charge < -0.3 is 19.9 Å². The SMILES string of the molecule is CCC(CC)O[C@@H]1CC(C(=O)OC)=C[C@H](n2cc(CCCO)nn2)[C@H]1NC(C)=O. The fourth-order valence-electron chi connectivity index (χ4n) is 3.57. The Labute approximate surface area is 171 Å². The summed E-state index contributed by atoms with van der Waals surface area (Å²) < 4.78 is 12.9. The van der Waals surface area contributed by atoms with Crippen LogP contribution in [0.4, 0.5) is 0 Å². The molecule has 3 atom stereocenters. The predicted octanol–water partition coefficient (Wildman–Crippen LogP) is 1.33. The van der Waals surface area contributed by atoms with Crippen LogP contribution in [0.15, 0.2) is 17.8 Å². The van der Waals surface area contributed by atoms with Gasteiger partial charge in [0.15, 0.2) is 0 Å². The third-order valence-corrected chi connectivity index (χ3v) is 5.11. The number of aliphatic hydroxyl groups is 1. The van der Waals surface area contributed by atoms with Gasteiger partial charge in [-0.1, -0.05) is 19.1 Å². The highest BCUT2D eigenvalue weighted by atomic mass is 16.5. The Kier molecular flexibility index (Phi) is 8.78. The van der Waals surface area contributed by atoms with E-state index in [-0.39, 0.29) is 18.6 Å². The van der Waals surface area contributed by atoms with E-state index in [9.17, 15) is 9.59 Å². The Balaban J connectivity index is 2.41. The minimum absolute atomic E-state index is 0.0183. The van der Waals surface area contributed by atoms with Crippen molar-refractivity contribution in [2.45, 2.75) is 77.2 Å². The quantitative estimate of drug-likeness (QED) is 0.561. The molecule has 29 heavy (non-hydrogen) atoms. The van der Waals surface area contributed by atoms with Crippen molar-refractivity contribution in [3.8, 4) is 0 Å². The van der Waals surface area contributed by atoms with Gasteiger partial charge in [0.05, 0.1) is 37.1 Å². The Bertz CT molecular complexity index is 713. The van der Waals surface area contributed by atoms with E-state index >= 15 is 0 Å². The molecule has 0 aliphatic heterocycles. The monoisotopic (exact) mass is 408 g/mol. The minimum Gasteiger partial charge on any atom is -0.466 e. The van der Waals surface area contributed by atoms with Gasteiger partial charge in [0.1, 0.15) is 0 Å². The van der Waals surface area contributed by atoms with Crippen LogP contribution in [-0.2, 0) is 25.5 Å². The van der Waals surface area contributed by atoms with Crippen molar-refractivity contribution < 1.29 is 24.2 Å². The van der Waals surface area contributed by atoms with Gasteiger partial charge in [-0.2, -0.15) is 0 Å². The molecule has 1 aromatic heterocycles. The summed E-state index contributed by atoms with van der Waals surface area (Å²) in [6.07, 6.45) is 6.34. The molecule has 0 unspecified atom stereocenters. The molecule has 9 heteroatoms. The number of carbonyl (C=O) groups excluding carboxylic acids is 2. The average molecular weight is 408 g/mol. The fourth-order valence-corrected chi connectivity index (χ4v) is 3.57. The van der Waals surface area contributed by atoms with Crippen LogP contribution in [0.2, 0.25) is 0 Å². The molecule has 1 aliphatic rings. The van der Waals surface area contributed by atoms with Crippen molar-refractivity contribution in [2.24, 2.45) is 0 Å². The zero-order valence-electron chi connectivity index (χ0n) is 17.6. The van der Waals surface area contributed by atoms with Gasteiger partial charge in [-0.25, -0.2) is 9.48 Å². The molecule has 2 rings (SSSR count).